The van der Waals surface area contributed by atoms with Gasteiger partial charge in [-0.3, -0.25) is 0 Å². The summed E-state index contributed by atoms with van der Waals surface area (Å²) >= 11 is 0. The number of ether oxygens (including phenoxy) is 1. The van der Waals surface area contributed by atoms with Crippen LogP contribution in [0.25, 0.3) is 0 Å². The molecule has 1 N–H and O–H groups in total. The van der Waals surface area contributed by atoms with Gasteiger partial charge in [-0.05, 0) is 20.3 Å². The average Bonchev–Trinajstić information content (AvgIpc) is 2.80. The van der Waals surface area contributed by atoms with Gasteiger partial charge in [0.05, 0.1) is 18.4 Å². The van der Waals surface area contributed by atoms with E-state index >= 15 is 0 Å². The molecule has 0 bridgehead atoms. The molecule has 1 aromatic rings. The molecule has 0 atom stereocenters. The van der Waals surface area contributed by atoms with Gasteiger partial charge in [0, 0.05) is 25.2 Å². The molecule has 7 nitrogen and oxygen atoms in total. The van der Waals surface area contributed by atoms with Gasteiger partial charge >= 0.3 is 0 Å². The minimum absolute atomic E-state index is 0.321. The highest BCUT2D eigenvalue weighted by molar-refractivity contribution is 7.87. The van der Waals surface area contributed by atoms with E-state index in [0.717, 1.165) is 5.56 Å². The van der Waals surface area contributed by atoms with Crippen molar-refractivity contribution in [1.82, 2.24) is 14.2 Å². The maximum absolute atomic E-state index is 12.1. The van der Waals surface area contributed by atoms with E-state index in [9.17, 15) is 8.42 Å². The number of rotatable bonds is 5. The molecule has 2 rings (SSSR count). The molecule has 0 radical (unpaired) electrons. The minimum atomic E-state index is -3.46. The first kappa shape index (κ1) is 14.4. The van der Waals surface area contributed by atoms with E-state index in [-0.39, 0.29) is 0 Å². The van der Waals surface area contributed by atoms with Gasteiger partial charge in [-0.2, -0.15) is 12.7 Å². The van der Waals surface area contributed by atoms with Crippen LogP contribution in [-0.4, -0.2) is 49.7 Å². The number of nitrogens with zero attached hydrogens (tertiary/aromatic N) is 2. The summed E-state index contributed by atoms with van der Waals surface area (Å²) in [7, 11) is -3.46. The van der Waals surface area contributed by atoms with Gasteiger partial charge in [-0.25, -0.2) is 4.72 Å². The number of hydrogen-bond acceptors (Lipinski definition) is 5. The predicted molar refractivity (Wildman–Crippen MR) is 68.7 cm³/mol. The summed E-state index contributed by atoms with van der Waals surface area (Å²) in [4.78, 5) is 0. The van der Waals surface area contributed by atoms with Crippen molar-refractivity contribution in [3.8, 4) is 0 Å². The third kappa shape index (κ3) is 4.00. The maximum Gasteiger partial charge on any atom is 0.279 e. The second kappa shape index (κ2) is 5.58. The Morgan fingerprint density at radius 1 is 1.53 bits per heavy atom. The molecule has 1 fully saturated rings. The highest BCUT2D eigenvalue weighted by Crippen LogP contribution is 2.18. The molecule has 0 unspecified atom stereocenters. The number of hydrogen-bond donors (Lipinski definition) is 1. The van der Waals surface area contributed by atoms with Gasteiger partial charge in [0.1, 0.15) is 6.26 Å². The molecule has 1 aromatic heterocycles. The Bertz CT molecular complexity index is 498. The van der Waals surface area contributed by atoms with Crippen molar-refractivity contribution in [1.29, 1.82) is 0 Å². The molecular weight excluding hydrogens is 270 g/mol. The minimum Gasteiger partial charge on any atom is -0.373 e. The second-order valence-electron chi connectivity index (χ2n) is 5.12. The van der Waals surface area contributed by atoms with Crippen molar-refractivity contribution in [2.45, 2.75) is 25.9 Å². The van der Waals surface area contributed by atoms with Crippen molar-refractivity contribution >= 4 is 10.2 Å². The van der Waals surface area contributed by atoms with Gasteiger partial charge < -0.3 is 9.26 Å². The van der Waals surface area contributed by atoms with Crippen LogP contribution in [0.2, 0.25) is 0 Å². The zero-order chi connectivity index (χ0) is 13.9. The van der Waals surface area contributed by atoms with Crippen LogP contribution in [0.5, 0.6) is 0 Å². The lowest BCUT2D eigenvalue weighted by Gasteiger charge is -2.37. The van der Waals surface area contributed by atoms with Crippen molar-refractivity contribution in [3.05, 3.63) is 18.0 Å². The summed E-state index contributed by atoms with van der Waals surface area (Å²) in [5.41, 5.74) is 0.423. The van der Waals surface area contributed by atoms with Crippen molar-refractivity contribution in [3.63, 3.8) is 0 Å². The normalized spacial score (nSPS) is 20.5. The number of morpholine rings is 1. The quantitative estimate of drug-likeness (QED) is 0.835. The van der Waals surface area contributed by atoms with Crippen molar-refractivity contribution in [2.75, 3.05) is 26.2 Å². The van der Waals surface area contributed by atoms with Crippen LogP contribution in [0.4, 0.5) is 0 Å². The Labute approximate surface area is 113 Å². The summed E-state index contributed by atoms with van der Waals surface area (Å²) < 4.78 is 38.4. The van der Waals surface area contributed by atoms with E-state index in [4.69, 9.17) is 4.74 Å². The Balaban J connectivity index is 1.87. The highest BCUT2D eigenvalue weighted by atomic mass is 32.2. The van der Waals surface area contributed by atoms with Gasteiger partial charge in [0.25, 0.3) is 10.2 Å². The molecule has 0 aromatic carbocycles. The van der Waals surface area contributed by atoms with E-state index in [0.29, 0.717) is 32.7 Å². The molecule has 0 amide bonds. The fourth-order valence-electron chi connectivity index (χ4n) is 1.94. The molecule has 0 saturated carbocycles. The van der Waals surface area contributed by atoms with Crippen LogP contribution >= 0.6 is 0 Å². The van der Waals surface area contributed by atoms with Crippen molar-refractivity contribution < 1.29 is 17.7 Å². The fraction of sp³-hybridized carbons (Fsp3) is 0.727. The zero-order valence-electron chi connectivity index (χ0n) is 11.1. The predicted octanol–water partition coefficient (Wildman–Crippen LogP) is 0.162. The van der Waals surface area contributed by atoms with Gasteiger partial charge in [0.2, 0.25) is 0 Å². The number of nitrogens with one attached hydrogen (secondary N) is 1. The summed E-state index contributed by atoms with van der Waals surface area (Å²) in [6.07, 6.45) is 3.63. The van der Waals surface area contributed by atoms with Crippen LogP contribution in [0, 0.1) is 0 Å². The molecule has 1 aliphatic heterocycles. The van der Waals surface area contributed by atoms with E-state index in [1.54, 1.807) is 6.20 Å². The van der Waals surface area contributed by atoms with E-state index in [1.807, 2.05) is 13.8 Å². The lowest BCUT2D eigenvalue weighted by atomic mass is 10.1. The first-order valence-electron chi connectivity index (χ1n) is 6.16. The SMILES string of the molecule is CC1(C)CN(S(=O)(=O)NCCc2cnoc2)CCO1. The standard InChI is InChI=1S/C11H19N3O4S/c1-11(2)9-14(5-6-17-11)19(15,16)13-4-3-10-7-12-18-8-10/h7-8,13H,3-6,9H2,1-2H3. The lowest BCUT2D eigenvalue weighted by Crippen LogP contribution is -2.53. The van der Waals surface area contributed by atoms with Crippen molar-refractivity contribution in [2.24, 2.45) is 0 Å². The molecule has 1 saturated heterocycles. The van der Waals surface area contributed by atoms with E-state index in [2.05, 4.69) is 14.4 Å². The molecule has 1 aliphatic rings. The van der Waals surface area contributed by atoms with Gasteiger partial charge in [-0.15, -0.1) is 0 Å². The van der Waals surface area contributed by atoms with Gasteiger partial charge in [-0.1, -0.05) is 5.16 Å². The largest absolute Gasteiger partial charge is 0.373 e. The fourth-order valence-corrected chi connectivity index (χ4v) is 3.28. The lowest BCUT2D eigenvalue weighted by molar-refractivity contribution is -0.0643. The molecule has 19 heavy (non-hydrogen) atoms. The first-order valence-corrected chi connectivity index (χ1v) is 7.60. The third-order valence-electron chi connectivity index (χ3n) is 2.91. The van der Waals surface area contributed by atoms with E-state index in [1.165, 1.54) is 10.6 Å². The maximum atomic E-state index is 12.1. The second-order valence-corrected chi connectivity index (χ2v) is 6.88. The molecule has 0 spiro atoms. The van der Waals surface area contributed by atoms with E-state index < -0.39 is 15.8 Å². The van der Waals surface area contributed by atoms with Crippen LogP contribution < -0.4 is 4.72 Å². The summed E-state index contributed by atoms with van der Waals surface area (Å²) in [6, 6.07) is 0. The van der Waals surface area contributed by atoms with Crippen LogP contribution in [0.3, 0.4) is 0 Å². The Morgan fingerprint density at radius 3 is 2.95 bits per heavy atom. The Kier molecular flexibility index (Phi) is 4.24. The Morgan fingerprint density at radius 2 is 2.32 bits per heavy atom. The monoisotopic (exact) mass is 289 g/mol. The first-order chi connectivity index (χ1) is 8.89. The number of aromatic nitrogens is 1. The zero-order valence-corrected chi connectivity index (χ0v) is 11.9. The molecule has 2 heterocycles. The Hall–Kier alpha value is -0.960. The molecule has 8 heteroatoms. The summed E-state index contributed by atoms with van der Waals surface area (Å²) in [5.74, 6) is 0. The highest BCUT2D eigenvalue weighted by Gasteiger charge is 2.33. The third-order valence-corrected chi connectivity index (χ3v) is 4.47. The molecule has 108 valence electrons. The summed E-state index contributed by atoms with van der Waals surface area (Å²) in [5, 5.41) is 3.57. The van der Waals surface area contributed by atoms with Crippen LogP contribution in [-0.2, 0) is 21.4 Å². The molecular formula is C11H19N3O4S. The smallest absolute Gasteiger partial charge is 0.279 e. The average molecular weight is 289 g/mol. The topological polar surface area (TPSA) is 84.7 Å². The van der Waals surface area contributed by atoms with Gasteiger partial charge in [0.15, 0.2) is 0 Å². The molecule has 0 aliphatic carbocycles. The summed E-state index contributed by atoms with van der Waals surface area (Å²) in [6.45, 7) is 5.24. The van der Waals surface area contributed by atoms with Crippen LogP contribution in [0.1, 0.15) is 19.4 Å². The van der Waals surface area contributed by atoms with Crippen LogP contribution in [0.15, 0.2) is 17.0 Å².